The van der Waals surface area contributed by atoms with Crippen LogP contribution in [0.4, 0.5) is 0 Å². The summed E-state index contributed by atoms with van der Waals surface area (Å²) in [4.78, 5) is 11.8. The molecule has 1 fully saturated rings. The summed E-state index contributed by atoms with van der Waals surface area (Å²) in [5.41, 5.74) is 2.11. The van der Waals surface area contributed by atoms with Gasteiger partial charge in [-0.25, -0.2) is 0 Å². The van der Waals surface area contributed by atoms with Crippen LogP contribution in [-0.4, -0.2) is 44.2 Å². The predicted octanol–water partition coefficient (Wildman–Crippen LogP) is 2.66. The Balaban J connectivity index is 1.73. The molecule has 1 amide bonds. The van der Waals surface area contributed by atoms with E-state index in [2.05, 4.69) is 5.32 Å². The number of amides is 1. The minimum atomic E-state index is -0.596. The second kappa shape index (κ2) is 10.3. The second-order valence-electron chi connectivity index (χ2n) is 6.76. The average molecular weight is 385 g/mol. The number of carbonyl (C=O) groups excluding carboxylic acids is 1. The maximum Gasteiger partial charge on any atom is 0.217 e. The lowest BCUT2D eigenvalue weighted by Crippen LogP contribution is -2.62. The number of hydrogen-bond donors (Lipinski definition) is 1. The maximum absolute atomic E-state index is 11.8. The Hall–Kier alpha value is -2.25. The van der Waals surface area contributed by atoms with Gasteiger partial charge in [0.2, 0.25) is 5.91 Å². The third-order valence-corrected chi connectivity index (χ3v) is 4.63. The molecule has 2 aromatic carbocycles. The SMILES string of the molecule is CO[C@@H]1OC[C@@H](OCc2ccccc2)[C@H](OCc2ccccc2)[C@H]1NC(C)=O. The molecule has 4 atom stereocenters. The number of methoxy groups -OCH3 is 1. The lowest BCUT2D eigenvalue weighted by Gasteiger charge is -2.41. The molecule has 0 unspecified atom stereocenters. The molecule has 0 radical (unpaired) electrons. The van der Waals surface area contributed by atoms with Crippen LogP contribution in [0.15, 0.2) is 60.7 Å². The quantitative estimate of drug-likeness (QED) is 0.757. The zero-order valence-corrected chi connectivity index (χ0v) is 16.2. The number of ether oxygens (including phenoxy) is 4. The van der Waals surface area contributed by atoms with Crippen molar-refractivity contribution in [3.05, 3.63) is 71.8 Å². The normalized spacial score (nSPS) is 24.6. The van der Waals surface area contributed by atoms with Crippen molar-refractivity contribution in [3.8, 4) is 0 Å². The molecule has 150 valence electrons. The van der Waals surface area contributed by atoms with E-state index >= 15 is 0 Å². The van der Waals surface area contributed by atoms with Gasteiger partial charge in [-0.05, 0) is 11.1 Å². The second-order valence-corrected chi connectivity index (χ2v) is 6.76. The summed E-state index contributed by atoms with van der Waals surface area (Å²) in [6.07, 6.45) is -1.35. The first kappa shape index (κ1) is 20.5. The van der Waals surface area contributed by atoms with E-state index in [1.165, 1.54) is 6.92 Å². The molecule has 0 saturated carbocycles. The first-order chi connectivity index (χ1) is 13.7. The van der Waals surface area contributed by atoms with E-state index in [4.69, 9.17) is 18.9 Å². The lowest BCUT2D eigenvalue weighted by atomic mass is 10.0. The number of carbonyl (C=O) groups is 1. The summed E-state index contributed by atoms with van der Waals surface area (Å²) in [6.45, 7) is 2.63. The van der Waals surface area contributed by atoms with Crippen LogP contribution in [0.3, 0.4) is 0 Å². The number of nitrogens with one attached hydrogen (secondary N) is 1. The van der Waals surface area contributed by atoms with E-state index in [0.717, 1.165) is 11.1 Å². The standard InChI is InChI=1S/C22H27NO5/c1-16(24)23-20-21(27-14-18-11-7-4-8-12-18)19(15-28-22(20)25-2)26-13-17-9-5-3-6-10-17/h3-12,19-22H,13-15H2,1-2H3,(H,23,24)/t19-,20-,21+,22-/m1/s1. The van der Waals surface area contributed by atoms with Crippen molar-refractivity contribution in [2.24, 2.45) is 0 Å². The Labute approximate surface area is 165 Å². The van der Waals surface area contributed by atoms with Gasteiger partial charge >= 0.3 is 0 Å². The topological polar surface area (TPSA) is 66.0 Å². The number of benzene rings is 2. The molecule has 0 aromatic heterocycles. The zero-order chi connectivity index (χ0) is 19.8. The fourth-order valence-corrected chi connectivity index (χ4v) is 3.27. The molecule has 28 heavy (non-hydrogen) atoms. The third kappa shape index (κ3) is 5.62. The van der Waals surface area contributed by atoms with Gasteiger partial charge < -0.3 is 24.3 Å². The van der Waals surface area contributed by atoms with Crippen molar-refractivity contribution in [2.75, 3.05) is 13.7 Å². The van der Waals surface area contributed by atoms with E-state index in [1.54, 1.807) is 7.11 Å². The summed E-state index contributed by atoms with van der Waals surface area (Å²) in [7, 11) is 1.55. The third-order valence-electron chi connectivity index (χ3n) is 4.63. The van der Waals surface area contributed by atoms with Crippen LogP contribution in [-0.2, 0) is 37.0 Å². The summed E-state index contributed by atoms with van der Waals surface area (Å²) >= 11 is 0. The fraction of sp³-hybridized carbons (Fsp3) is 0.409. The highest BCUT2D eigenvalue weighted by Gasteiger charge is 2.43. The van der Waals surface area contributed by atoms with E-state index in [9.17, 15) is 4.79 Å². The Morgan fingerprint density at radius 2 is 1.57 bits per heavy atom. The molecule has 0 bridgehead atoms. The molecular weight excluding hydrogens is 358 g/mol. The zero-order valence-electron chi connectivity index (χ0n) is 16.2. The van der Waals surface area contributed by atoms with Crippen molar-refractivity contribution in [1.29, 1.82) is 0 Å². The monoisotopic (exact) mass is 385 g/mol. The van der Waals surface area contributed by atoms with Crippen molar-refractivity contribution in [1.82, 2.24) is 5.32 Å². The molecule has 1 N–H and O–H groups in total. The maximum atomic E-state index is 11.8. The van der Waals surface area contributed by atoms with Gasteiger partial charge in [-0.3, -0.25) is 4.79 Å². The largest absolute Gasteiger partial charge is 0.368 e. The highest BCUT2D eigenvalue weighted by Crippen LogP contribution is 2.24. The molecule has 2 aromatic rings. The highest BCUT2D eigenvalue weighted by atomic mass is 16.7. The van der Waals surface area contributed by atoms with Crippen LogP contribution in [0.5, 0.6) is 0 Å². The lowest BCUT2D eigenvalue weighted by molar-refractivity contribution is -0.246. The van der Waals surface area contributed by atoms with Gasteiger partial charge in [-0.2, -0.15) is 0 Å². The van der Waals surface area contributed by atoms with Gasteiger partial charge in [0, 0.05) is 14.0 Å². The van der Waals surface area contributed by atoms with Crippen molar-refractivity contribution < 1.29 is 23.7 Å². The molecular formula is C22H27NO5. The number of hydrogen-bond acceptors (Lipinski definition) is 5. The first-order valence-corrected chi connectivity index (χ1v) is 9.40. The van der Waals surface area contributed by atoms with E-state index in [-0.39, 0.29) is 12.0 Å². The van der Waals surface area contributed by atoms with Gasteiger partial charge in [0.05, 0.1) is 19.8 Å². The Morgan fingerprint density at radius 1 is 1.00 bits per heavy atom. The van der Waals surface area contributed by atoms with Gasteiger partial charge in [-0.15, -0.1) is 0 Å². The molecule has 6 heteroatoms. The van der Waals surface area contributed by atoms with Gasteiger partial charge in [0.25, 0.3) is 0 Å². The first-order valence-electron chi connectivity index (χ1n) is 9.40. The molecule has 6 nitrogen and oxygen atoms in total. The van der Waals surface area contributed by atoms with Crippen molar-refractivity contribution >= 4 is 5.91 Å². The van der Waals surface area contributed by atoms with Gasteiger partial charge in [0.15, 0.2) is 6.29 Å². The minimum absolute atomic E-state index is 0.173. The van der Waals surface area contributed by atoms with Crippen molar-refractivity contribution in [2.45, 2.75) is 44.7 Å². The minimum Gasteiger partial charge on any atom is -0.368 e. The van der Waals surface area contributed by atoms with Gasteiger partial charge in [0.1, 0.15) is 18.2 Å². The van der Waals surface area contributed by atoms with Crippen LogP contribution in [0, 0.1) is 0 Å². The average Bonchev–Trinajstić information content (AvgIpc) is 2.72. The molecule has 1 saturated heterocycles. The predicted molar refractivity (Wildman–Crippen MR) is 104 cm³/mol. The molecule has 1 aliphatic rings. The molecule has 0 spiro atoms. The summed E-state index contributed by atoms with van der Waals surface area (Å²) in [6, 6.07) is 19.4. The molecule has 3 rings (SSSR count). The summed E-state index contributed by atoms with van der Waals surface area (Å²) in [5.74, 6) is -0.173. The van der Waals surface area contributed by atoms with E-state index < -0.39 is 18.4 Å². The van der Waals surface area contributed by atoms with E-state index in [0.29, 0.717) is 19.8 Å². The summed E-state index contributed by atoms with van der Waals surface area (Å²) < 4.78 is 23.5. The number of rotatable bonds is 8. The van der Waals surface area contributed by atoms with Crippen LogP contribution in [0.25, 0.3) is 0 Å². The molecule has 1 heterocycles. The Bertz CT molecular complexity index is 724. The molecule has 0 aliphatic carbocycles. The summed E-state index contributed by atoms with van der Waals surface area (Å²) in [5, 5.41) is 2.90. The van der Waals surface area contributed by atoms with Crippen LogP contribution in [0.2, 0.25) is 0 Å². The van der Waals surface area contributed by atoms with E-state index in [1.807, 2.05) is 60.7 Å². The van der Waals surface area contributed by atoms with Gasteiger partial charge in [-0.1, -0.05) is 60.7 Å². The van der Waals surface area contributed by atoms with Crippen molar-refractivity contribution in [3.63, 3.8) is 0 Å². The molecule has 1 aliphatic heterocycles. The van der Waals surface area contributed by atoms with Crippen LogP contribution < -0.4 is 5.32 Å². The highest BCUT2D eigenvalue weighted by molar-refractivity contribution is 5.73. The van der Waals surface area contributed by atoms with Crippen LogP contribution >= 0.6 is 0 Å². The Kier molecular flexibility index (Phi) is 7.56. The smallest absolute Gasteiger partial charge is 0.217 e. The Morgan fingerprint density at radius 3 is 2.11 bits per heavy atom. The fourth-order valence-electron chi connectivity index (χ4n) is 3.27. The van der Waals surface area contributed by atoms with Crippen LogP contribution in [0.1, 0.15) is 18.1 Å².